The summed E-state index contributed by atoms with van der Waals surface area (Å²) < 4.78 is 0. The molecule has 0 aromatic carbocycles. The van der Waals surface area contributed by atoms with Gasteiger partial charge in [0.25, 0.3) is 0 Å². The number of hydrogen-bond acceptors (Lipinski definition) is 3. The quantitative estimate of drug-likeness (QED) is 0.858. The second-order valence-electron chi connectivity index (χ2n) is 4.68. The summed E-state index contributed by atoms with van der Waals surface area (Å²) in [6, 6.07) is 0. The van der Waals surface area contributed by atoms with E-state index in [2.05, 4.69) is 18.8 Å². The lowest BCUT2D eigenvalue weighted by Crippen LogP contribution is -1.98. The predicted octanol–water partition coefficient (Wildman–Crippen LogP) is 3.16. The number of nitrogens with zero attached hydrogens (tertiary/aromatic N) is 1. The molecule has 0 saturated heterocycles. The molecule has 1 fully saturated rings. The van der Waals surface area contributed by atoms with Crippen molar-refractivity contribution in [3.05, 3.63) is 15.6 Å². The minimum atomic E-state index is -0.721. The molecule has 1 aliphatic carbocycles. The fourth-order valence-electron chi connectivity index (χ4n) is 1.70. The van der Waals surface area contributed by atoms with Crippen LogP contribution in [0, 0.1) is 0 Å². The maximum atomic E-state index is 10.6. The van der Waals surface area contributed by atoms with Gasteiger partial charge in [0.1, 0.15) is 0 Å². The molecular weight excluding hydrogens is 222 g/mol. The van der Waals surface area contributed by atoms with Crippen LogP contribution in [0.15, 0.2) is 0 Å². The minimum absolute atomic E-state index is 0.222. The number of aromatic nitrogens is 1. The van der Waals surface area contributed by atoms with Gasteiger partial charge in [0.15, 0.2) is 0 Å². The largest absolute Gasteiger partial charge is 0.481 e. The van der Waals surface area contributed by atoms with Crippen molar-refractivity contribution in [2.45, 2.75) is 51.4 Å². The molecule has 1 aromatic rings. The lowest BCUT2D eigenvalue weighted by Gasteiger charge is -1.97. The molecule has 0 unspecified atom stereocenters. The van der Waals surface area contributed by atoms with Crippen LogP contribution in [0.3, 0.4) is 0 Å². The summed E-state index contributed by atoms with van der Waals surface area (Å²) in [6.07, 6.45) is 3.31. The highest BCUT2D eigenvalue weighted by Crippen LogP contribution is 2.43. The normalized spacial score (nSPS) is 15.7. The highest BCUT2D eigenvalue weighted by atomic mass is 32.1. The molecule has 1 aliphatic rings. The average Bonchev–Trinajstić information content (AvgIpc) is 2.95. The van der Waals surface area contributed by atoms with E-state index in [1.165, 1.54) is 23.4 Å². The summed E-state index contributed by atoms with van der Waals surface area (Å²) in [7, 11) is 0. The molecular formula is C12H17NO2S. The Labute approximate surface area is 99.5 Å². The van der Waals surface area contributed by atoms with Crippen LogP contribution >= 0.6 is 11.3 Å². The summed E-state index contributed by atoms with van der Waals surface area (Å²) in [4.78, 5) is 16.5. The Morgan fingerprint density at radius 2 is 2.25 bits per heavy atom. The predicted molar refractivity (Wildman–Crippen MR) is 64.1 cm³/mol. The van der Waals surface area contributed by atoms with Crippen molar-refractivity contribution in [2.24, 2.45) is 0 Å². The molecule has 4 heteroatoms. The molecule has 2 rings (SSSR count). The van der Waals surface area contributed by atoms with E-state index in [1.54, 1.807) is 11.3 Å². The smallest absolute Gasteiger partial charge is 0.303 e. The van der Waals surface area contributed by atoms with Gasteiger partial charge in [-0.1, -0.05) is 13.8 Å². The lowest BCUT2D eigenvalue weighted by molar-refractivity contribution is -0.136. The van der Waals surface area contributed by atoms with Crippen LogP contribution in [-0.2, 0) is 11.2 Å². The fraction of sp³-hybridized carbons (Fsp3) is 0.667. The topological polar surface area (TPSA) is 50.2 Å². The zero-order valence-corrected chi connectivity index (χ0v) is 10.5. The van der Waals surface area contributed by atoms with Crippen LogP contribution in [0.4, 0.5) is 0 Å². The zero-order chi connectivity index (χ0) is 11.7. The van der Waals surface area contributed by atoms with E-state index >= 15 is 0 Å². The summed E-state index contributed by atoms with van der Waals surface area (Å²) in [5.74, 6) is 0.342. The van der Waals surface area contributed by atoms with Gasteiger partial charge in [-0.2, -0.15) is 0 Å². The van der Waals surface area contributed by atoms with Crippen molar-refractivity contribution in [2.75, 3.05) is 0 Å². The number of aliphatic carboxylic acids is 1. The Kier molecular flexibility index (Phi) is 3.28. The number of carbonyl (C=O) groups is 1. The molecule has 88 valence electrons. The van der Waals surface area contributed by atoms with Crippen LogP contribution in [0.2, 0.25) is 0 Å². The highest BCUT2D eigenvalue weighted by molar-refractivity contribution is 7.11. The first-order valence-electron chi connectivity index (χ1n) is 5.79. The molecule has 0 aliphatic heterocycles. The van der Waals surface area contributed by atoms with E-state index in [1.807, 2.05) is 0 Å². The third-order valence-electron chi connectivity index (χ3n) is 2.77. The van der Waals surface area contributed by atoms with Crippen molar-refractivity contribution < 1.29 is 9.90 Å². The van der Waals surface area contributed by atoms with Crippen molar-refractivity contribution in [1.82, 2.24) is 4.98 Å². The van der Waals surface area contributed by atoms with Gasteiger partial charge in [0, 0.05) is 16.7 Å². The van der Waals surface area contributed by atoms with E-state index in [9.17, 15) is 4.79 Å². The minimum Gasteiger partial charge on any atom is -0.481 e. The van der Waals surface area contributed by atoms with E-state index in [-0.39, 0.29) is 6.42 Å². The SMILES string of the molecule is CC(C)c1nc(C2CC2)c(CCC(=O)O)s1. The first kappa shape index (κ1) is 11.6. The molecule has 16 heavy (non-hydrogen) atoms. The molecule has 1 aromatic heterocycles. The average molecular weight is 239 g/mol. The van der Waals surface area contributed by atoms with Gasteiger partial charge in [-0.3, -0.25) is 4.79 Å². The molecule has 0 bridgehead atoms. The van der Waals surface area contributed by atoms with Crippen LogP contribution in [0.25, 0.3) is 0 Å². The monoisotopic (exact) mass is 239 g/mol. The number of hydrogen-bond donors (Lipinski definition) is 1. The van der Waals surface area contributed by atoms with Crippen molar-refractivity contribution in [1.29, 1.82) is 0 Å². The Hall–Kier alpha value is -0.900. The standard InChI is InChI=1S/C12H17NO2S/c1-7(2)12-13-11(8-3-4-8)9(16-12)5-6-10(14)15/h7-8H,3-6H2,1-2H3,(H,14,15). The van der Waals surface area contributed by atoms with Crippen LogP contribution in [0.5, 0.6) is 0 Å². The number of thiazole rings is 1. The van der Waals surface area contributed by atoms with Crippen molar-refractivity contribution in [3.63, 3.8) is 0 Å². The van der Waals surface area contributed by atoms with E-state index in [0.29, 0.717) is 18.3 Å². The van der Waals surface area contributed by atoms with Gasteiger partial charge < -0.3 is 5.11 Å². The second-order valence-corrected chi connectivity index (χ2v) is 5.80. The zero-order valence-electron chi connectivity index (χ0n) is 9.69. The maximum absolute atomic E-state index is 10.6. The number of carboxylic acids is 1. The highest BCUT2D eigenvalue weighted by Gasteiger charge is 2.29. The van der Waals surface area contributed by atoms with Gasteiger partial charge in [0.05, 0.1) is 17.1 Å². The van der Waals surface area contributed by atoms with Crippen molar-refractivity contribution in [3.8, 4) is 0 Å². The molecule has 1 heterocycles. The Morgan fingerprint density at radius 1 is 1.56 bits per heavy atom. The molecule has 0 amide bonds. The van der Waals surface area contributed by atoms with E-state index in [0.717, 1.165) is 5.01 Å². The second kappa shape index (κ2) is 4.53. The van der Waals surface area contributed by atoms with Gasteiger partial charge in [0.2, 0.25) is 0 Å². The van der Waals surface area contributed by atoms with Crippen LogP contribution in [0.1, 0.15) is 60.5 Å². The number of rotatable bonds is 5. The first-order valence-corrected chi connectivity index (χ1v) is 6.61. The van der Waals surface area contributed by atoms with Crippen LogP contribution < -0.4 is 0 Å². The van der Waals surface area contributed by atoms with Gasteiger partial charge in [-0.15, -0.1) is 11.3 Å². The molecule has 1 N–H and O–H groups in total. The van der Waals surface area contributed by atoms with E-state index in [4.69, 9.17) is 5.11 Å². The van der Waals surface area contributed by atoms with E-state index < -0.39 is 5.97 Å². The molecule has 3 nitrogen and oxygen atoms in total. The molecule has 1 saturated carbocycles. The lowest BCUT2D eigenvalue weighted by atomic mass is 10.2. The number of aryl methyl sites for hydroxylation is 1. The Bertz CT molecular complexity index is 394. The van der Waals surface area contributed by atoms with Gasteiger partial charge in [-0.25, -0.2) is 4.98 Å². The van der Waals surface area contributed by atoms with Crippen LogP contribution in [-0.4, -0.2) is 16.1 Å². The van der Waals surface area contributed by atoms with Gasteiger partial charge >= 0.3 is 5.97 Å². The van der Waals surface area contributed by atoms with Crippen molar-refractivity contribution >= 4 is 17.3 Å². The van der Waals surface area contributed by atoms with Gasteiger partial charge in [-0.05, 0) is 19.3 Å². The third-order valence-corrected chi connectivity index (χ3v) is 4.20. The third kappa shape index (κ3) is 2.61. The number of carboxylic acid groups (broad SMARTS) is 1. The Morgan fingerprint density at radius 3 is 2.75 bits per heavy atom. The maximum Gasteiger partial charge on any atom is 0.303 e. The molecule has 0 spiro atoms. The summed E-state index contributed by atoms with van der Waals surface area (Å²) in [6.45, 7) is 4.27. The molecule has 0 radical (unpaired) electrons. The Balaban J connectivity index is 2.16. The summed E-state index contributed by atoms with van der Waals surface area (Å²) in [5.41, 5.74) is 1.19. The summed E-state index contributed by atoms with van der Waals surface area (Å²) in [5, 5.41) is 9.88. The molecule has 0 atom stereocenters. The first-order chi connectivity index (χ1) is 7.58. The summed E-state index contributed by atoms with van der Waals surface area (Å²) >= 11 is 1.70. The fourth-order valence-corrected chi connectivity index (χ4v) is 2.86.